The second-order valence-electron chi connectivity index (χ2n) is 4.24. The Morgan fingerprint density at radius 2 is 2.28 bits per heavy atom. The summed E-state index contributed by atoms with van der Waals surface area (Å²) in [4.78, 5) is 17.1. The molecule has 2 rings (SSSR count). The van der Waals surface area contributed by atoms with E-state index in [4.69, 9.17) is 9.84 Å². The van der Waals surface area contributed by atoms with Crippen LogP contribution in [0, 0.1) is 0 Å². The summed E-state index contributed by atoms with van der Waals surface area (Å²) in [6.45, 7) is 3.53. The van der Waals surface area contributed by atoms with Crippen LogP contribution >= 0.6 is 11.5 Å². The molecule has 1 aromatic rings. The van der Waals surface area contributed by atoms with E-state index >= 15 is 0 Å². The molecule has 0 aliphatic carbocycles. The van der Waals surface area contributed by atoms with Gasteiger partial charge < -0.3 is 14.7 Å². The SMILES string of the molecule is CCc1nsc(N2CCC(OCC(=O)O)CC2)n1. The van der Waals surface area contributed by atoms with Crippen molar-refractivity contribution in [1.82, 2.24) is 9.36 Å². The van der Waals surface area contributed by atoms with Gasteiger partial charge in [-0.1, -0.05) is 6.92 Å². The molecule has 0 unspecified atom stereocenters. The normalized spacial score (nSPS) is 17.1. The fourth-order valence-electron chi connectivity index (χ4n) is 1.92. The number of carboxylic acid groups (broad SMARTS) is 1. The Hall–Kier alpha value is -1.21. The van der Waals surface area contributed by atoms with Crippen molar-refractivity contribution in [2.45, 2.75) is 32.3 Å². The van der Waals surface area contributed by atoms with Gasteiger partial charge in [0, 0.05) is 31.0 Å². The minimum Gasteiger partial charge on any atom is -0.480 e. The lowest BCUT2D eigenvalue weighted by atomic mass is 10.1. The zero-order valence-electron chi connectivity index (χ0n) is 10.3. The maximum atomic E-state index is 10.4. The van der Waals surface area contributed by atoms with E-state index < -0.39 is 5.97 Å². The zero-order chi connectivity index (χ0) is 13.0. The van der Waals surface area contributed by atoms with Crippen molar-refractivity contribution in [3.63, 3.8) is 0 Å². The van der Waals surface area contributed by atoms with Crippen LogP contribution in [-0.2, 0) is 16.0 Å². The molecule has 18 heavy (non-hydrogen) atoms. The number of aromatic nitrogens is 2. The van der Waals surface area contributed by atoms with Crippen LogP contribution < -0.4 is 4.90 Å². The number of nitrogens with zero attached hydrogens (tertiary/aromatic N) is 3. The van der Waals surface area contributed by atoms with Crippen molar-refractivity contribution < 1.29 is 14.6 Å². The number of aliphatic carboxylic acids is 1. The Kier molecular flexibility index (Phi) is 4.48. The molecule has 1 aromatic heterocycles. The molecule has 6 nitrogen and oxygen atoms in total. The molecular weight excluding hydrogens is 254 g/mol. The first kappa shape index (κ1) is 13.2. The van der Waals surface area contributed by atoms with Crippen LogP contribution in [0.25, 0.3) is 0 Å². The van der Waals surface area contributed by atoms with Gasteiger partial charge in [0.25, 0.3) is 0 Å². The summed E-state index contributed by atoms with van der Waals surface area (Å²) in [7, 11) is 0. The molecule has 2 heterocycles. The highest BCUT2D eigenvalue weighted by Crippen LogP contribution is 2.23. The van der Waals surface area contributed by atoms with Gasteiger partial charge in [-0.15, -0.1) is 0 Å². The maximum absolute atomic E-state index is 10.4. The molecule has 1 aliphatic heterocycles. The average molecular weight is 271 g/mol. The number of aryl methyl sites for hydroxylation is 1. The third-order valence-electron chi connectivity index (χ3n) is 2.93. The van der Waals surface area contributed by atoms with E-state index in [1.54, 1.807) is 0 Å². The Morgan fingerprint density at radius 1 is 1.56 bits per heavy atom. The zero-order valence-corrected chi connectivity index (χ0v) is 11.2. The number of anilines is 1. The minimum absolute atomic E-state index is 0.0518. The number of carbonyl (C=O) groups is 1. The Morgan fingerprint density at radius 3 is 2.83 bits per heavy atom. The summed E-state index contributed by atoms with van der Waals surface area (Å²) in [6.07, 6.45) is 2.59. The monoisotopic (exact) mass is 271 g/mol. The fourth-order valence-corrected chi connectivity index (χ4v) is 2.72. The van der Waals surface area contributed by atoms with Gasteiger partial charge in [0.15, 0.2) is 0 Å². The number of hydrogen-bond donors (Lipinski definition) is 1. The van der Waals surface area contributed by atoms with Crippen molar-refractivity contribution in [2.75, 3.05) is 24.6 Å². The molecule has 0 bridgehead atoms. The molecular formula is C11H17N3O3S. The molecule has 1 N–H and O–H groups in total. The van der Waals surface area contributed by atoms with Crippen molar-refractivity contribution in [3.05, 3.63) is 5.82 Å². The Labute approximate surface area is 110 Å². The molecule has 1 aliphatic rings. The molecule has 100 valence electrons. The maximum Gasteiger partial charge on any atom is 0.329 e. The highest BCUT2D eigenvalue weighted by atomic mass is 32.1. The van der Waals surface area contributed by atoms with E-state index in [1.807, 2.05) is 6.92 Å². The van der Waals surface area contributed by atoms with Gasteiger partial charge in [0.05, 0.1) is 6.10 Å². The molecule has 0 saturated carbocycles. The number of piperidine rings is 1. The topological polar surface area (TPSA) is 75.6 Å². The minimum atomic E-state index is -0.908. The summed E-state index contributed by atoms with van der Waals surface area (Å²) in [5.41, 5.74) is 0. The Bertz CT molecular complexity index is 402. The number of carboxylic acids is 1. The van der Waals surface area contributed by atoms with E-state index in [0.717, 1.165) is 43.3 Å². The van der Waals surface area contributed by atoms with E-state index in [0.29, 0.717) is 0 Å². The van der Waals surface area contributed by atoms with Gasteiger partial charge in [0.2, 0.25) is 5.13 Å². The lowest BCUT2D eigenvalue weighted by molar-refractivity contribution is -0.144. The second kappa shape index (κ2) is 6.10. The number of hydrogen-bond acceptors (Lipinski definition) is 6. The summed E-state index contributed by atoms with van der Waals surface area (Å²) >= 11 is 1.43. The van der Waals surface area contributed by atoms with Crippen molar-refractivity contribution >= 4 is 22.6 Å². The predicted octanol–water partition coefficient (Wildman–Crippen LogP) is 1.17. The van der Waals surface area contributed by atoms with Gasteiger partial charge in [-0.2, -0.15) is 4.37 Å². The van der Waals surface area contributed by atoms with Crippen molar-refractivity contribution in [1.29, 1.82) is 0 Å². The van der Waals surface area contributed by atoms with E-state index in [1.165, 1.54) is 11.5 Å². The first-order valence-electron chi connectivity index (χ1n) is 6.10. The largest absolute Gasteiger partial charge is 0.480 e. The van der Waals surface area contributed by atoms with Gasteiger partial charge in [-0.25, -0.2) is 9.78 Å². The van der Waals surface area contributed by atoms with Crippen LogP contribution in [0.2, 0.25) is 0 Å². The summed E-state index contributed by atoms with van der Waals surface area (Å²) in [5, 5.41) is 9.51. The summed E-state index contributed by atoms with van der Waals surface area (Å²) < 4.78 is 9.56. The van der Waals surface area contributed by atoms with E-state index in [2.05, 4.69) is 14.3 Å². The van der Waals surface area contributed by atoms with Crippen LogP contribution in [-0.4, -0.2) is 46.2 Å². The van der Waals surface area contributed by atoms with Crippen LogP contribution in [0.3, 0.4) is 0 Å². The molecule has 0 aromatic carbocycles. The molecule has 1 saturated heterocycles. The molecule has 0 radical (unpaired) electrons. The first-order valence-corrected chi connectivity index (χ1v) is 6.87. The quantitative estimate of drug-likeness (QED) is 0.866. The number of rotatable bonds is 5. The highest BCUT2D eigenvalue weighted by Gasteiger charge is 2.22. The second-order valence-corrected chi connectivity index (χ2v) is 4.97. The van der Waals surface area contributed by atoms with Gasteiger partial charge >= 0.3 is 5.97 Å². The molecule has 7 heteroatoms. The Balaban J connectivity index is 1.81. The highest BCUT2D eigenvalue weighted by molar-refractivity contribution is 7.09. The number of ether oxygens (including phenoxy) is 1. The standard InChI is InChI=1S/C11H17N3O3S/c1-2-9-12-11(18-13-9)14-5-3-8(4-6-14)17-7-10(15)16/h8H,2-7H2,1H3,(H,15,16). The third-order valence-corrected chi connectivity index (χ3v) is 3.74. The van der Waals surface area contributed by atoms with Crippen LogP contribution in [0.5, 0.6) is 0 Å². The van der Waals surface area contributed by atoms with Gasteiger partial charge in [-0.3, -0.25) is 0 Å². The van der Waals surface area contributed by atoms with Crippen molar-refractivity contribution in [3.8, 4) is 0 Å². The van der Waals surface area contributed by atoms with E-state index in [-0.39, 0.29) is 12.7 Å². The van der Waals surface area contributed by atoms with Crippen molar-refractivity contribution in [2.24, 2.45) is 0 Å². The third kappa shape index (κ3) is 3.39. The lowest BCUT2D eigenvalue weighted by Crippen LogP contribution is -2.37. The van der Waals surface area contributed by atoms with Crippen LogP contribution in [0.4, 0.5) is 5.13 Å². The molecule has 1 fully saturated rings. The van der Waals surface area contributed by atoms with E-state index in [9.17, 15) is 4.79 Å². The van der Waals surface area contributed by atoms with Gasteiger partial charge in [-0.05, 0) is 12.8 Å². The molecule has 0 amide bonds. The summed E-state index contributed by atoms with van der Waals surface area (Å²) in [5.74, 6) is -0.0200. The lowest BCUT2D eigenvalue weighted by Gasteiger charge is -2.31. The molecule has 0 spiro atoms. The predicted molar refractivity (Wildman–Crippen MR) is 68.1 cm³/mol. The van der Waals surface area contributed by atoms with Gasteiger partial charge in [0.1, 0.15) is 12.4 Å². The molecule has 0 atom stereocenters. The van der Waals surface area contributed by atoms with Crippen LogP contribution in [0.15, 0.2) is 0 Å². The first-order chi connectivity index (χ1) is 8.69. The summed E-state index contributed by atoms with van der Waals surface area (Å²) in [6, 6.07) is 0. The fraction of sp³-hybridized carbons (Fsp3) is 0.727. The van der Waals surface area contributed by atoms with Crippen LogP contribution in [0.1, 0.15) is 25.6 Å². The smallest absolute Gasteiger partial charge is 0.329 e. The average Bonchev–Trinajstić information content (AvgIpc) is 2.85.